The first-order valence-corrected chi connectivity index (χ1v) is 10.3. The number of H-pyrrole nitrogens is 1. The lowest BCUT2D eigenvalue weighted by molar-refractivity contribution is -0.129. The maximum atomic E-state index is 12.7. The minimum absolute atomic E-state index is 0.0738. The van der Waals surface area contributed by atoms with E-state index in [9.17, 15) is 9.59 Å². The number of hydrogen-bond donors (Lipinski definition) is 2. The van der Waals surface area contributed by atoms with Crippen LogP contribution in [0.2, 0.25) is 0 Å². The van der Waals surface area contributed by atoms with Crippen molar-refractivity contribution >= 4 is 28.5 Å². The zero-order chi connectivity index (χ0) is 19.8. The van der Waals surface area contributed by atoms with E-state index in [-0.39, 0.29) is 17.7 Å². The second kappa shape index (κ2) is 7.35. The summed E-state index contributed by atoms with van der Waals surface area (Å²) in [5.41, 5.74) is 3.62. The van der Waals surface area contributed by atoms with Crippen molar-refractivity contribution in [2.24, 2.45) is 5.92 Å². The Morgan fingerprint density at radius 2 is 1.83 bits per heavy atom. The Morgan fingerprint density at radius 1 is 1.07 bits per heavy atom. The third-order valence-electron chi connectivity index (χ3n) is 6.11. The van der Waals surface area contributed by atoms with Crippen LogP contribution in [0.25, 0.3) is 22.4 Å². The molecule has 2 amide bonds. The molecule has 1 atom stereocenters. The Morgan fingerprint density at radius 3 is 2.59 bits per heavy atom. The van der Waals surface area contributed by atoms with E-state index in [1.165, 1.54) is 12.8 Å². The Hall–Kier alpha value is -3.15. The van der Waals surface area contributed by atoms with Gasteiger partial charge in [0.15, 0.2) is 0 Å². The Bertz CT molecular complexity index is 1020. The van der Waals surface area contributed by atoms with Gasteiger partial charge in [-0.15, -0.1) is 0 Å². The highest BCUT2D eigenvalue weighted by Gasteiger charge is 2.38. The van der Waals surface area contributed by atoms with Gasteiger partial charge < -0.3 is 15.2 Å². The van der Waals surface area contributed by atoms with E-state index in [1.807, 2.05) is 53.4 Å². The summed E-state index contributed by atoms with van der Waals surface area (Å²) in [6.07, 6.45) is 4.83. The lowest BCUT2D eigenvalue weighted by Crippen LogP contribution is -2.35. The SMILES string of the molecule is O=C(Nc1ccc(-c2nc3ccccc3[nH]2)cc1)C1CC(=O)N(C2CCCC2)C1. The molecule has 0 radical (unpaired) electrons. The molecule has 1 aliphatic heterocycles. The van der Waals surface area contributed by atoms with Gasteiger partial charge >= 0.3 is 0 Å². The molecule has 2 aromatic carbocycles. The number of benzene rings is 2. The molecule has 2 fully saturated rings. The normalized spacial score (nSPS) is 19.9. The van der Waals surface area contributed by atoms with Crippen LogP contribution in [-0.2, 0) is 9.59 Å². The third kappa shape index (κ3) is 3.50. The molecule has 29 heavy (non-hydrogen) atoms. The van der Waals surface area contributed by atoms with Crippen molar-refractivity contribution in [3.8, 4) is 11.4 Å². The number of amides is 2. The number of aromatic amines is 1. The zero-order valence-corrected chi connectivity index (χ0v) is 16.2. The number of fused-ring (bicyclic) bond motifs is 1. The van der Waals surface area contributed by atoms with Gasteiger partial charge in [-0.3, -0.25) is 9.59 Å². The Balaban J connectivity index is 1.25. The largest absolute Gasteiger partial charge is 0.339 e. The van der Waals surface area contributed by atoms with Crippen LogP contribution in [0.3, 0.4) is 0 Å². The maximum absolute atomic E-state index is 12.7. The van der Waals surface area contributed by atoms with E-state index in [0.717, 1.165) is 41.0 Å². The molecule has 1 unspecified atom stereocenters. The van der Waals surface area contributed by atoms with Crippen LogP contribution in [0, 0.1) is 5.92 Å². The van der Waals surface area contributed by atoms with Crippen molar-refractivity contribution in [3.05, 3.63) is 48.5 Å². The molecule has 5 rings (SSSR count). The summed E-state index contributed by atoms with van der Waals surface area (Å²) >= 11 is 0. The van der Waals surface area contributed by atoms with Gasteiger partial charge in [0.1, 0.15) is 5.82 Å². The molecular formula is C23H24N4O2. The number of carbonyl (C=O) groups is 2. The fourth-order valence-corrected chi connectivity index (χ4v) is 4.52. The average molecular weight is 388 g/mol. The molecule has 1 saturated carbocycles. The highest BCUT2D eigenvalue weighted by molar-refractivity contribution is 5.97. The first kappa shape index (κ1) is 17.9. The highest BCUT2D eigenvalue weighted by Crippen LogP contribution is 2.30. The summed E-state index contributed by atoms with van der Waals surface area (Å²) in [5.74, 6) is 0.587. The van der Waals surface area contributed by atoms with E-state index in [1.54, 1.807) is 0 Å². The number of hydrogen-bond acceptors (Lipinski definition) is 3. The fraction of sp³-hybridized carbons (Fsp3) is 0.348. The minimum atomic E-state index is -0.266. The number of para-hydroxylation sites is 2. The first-order valence-electron chi connectivity index (χ1n) is 10.3. The molecule has 0 spiro atoms. The van der Waals surface area contributed by atoms with Crippen LogP contribution in [0.5, 0.6) is 0 Å². The number of nitrogens with zero attached hydrogens (tertiary/aromatic N) is 2. The number of likely N-dealkylation sites (tertiary alicyclic amines) is 1. The van der Waals surface area contributed by atoms with E-state index in [0.29, 0.717) is 19.0 Å². The Kier molecular flexibility index (Phi) is 4.54. The summed E-state index contributed by atoms with van der Waals surface area (Å²) in [7, 11) is 0. The number of aromatic nitrogens is 2. The van der Waals surface area contributed by atoms with Crippen molar-refractivity contribution in [1.29, 1.82) is 0 Å². The molecule has 148 valence electrons. The van der Waals surface area contributed by atoms with Crippen LogP contribution in [0.15, 0.2) is 48.5 Å². The van der Waals surface area contributed by atoms with E-state index in [2.05, 4.69) is 15.3 Å². The predicted octanol–water partition coefficient (Wildman–Crippen LogP) is 3.96. The maximum Gasteiger partial charge on any atom is 0.229 e. The second-order valence-corrected chi connectivity index (χ2v) is 8.05. The van der Waals surface area contributed by atoms with Gasteiger partial charge in [-0.1, -0.05) is 25.0 Å². The fourth-order valence-electron chi connectivity index (χ4n) is 4.52. The molecule has 3 aromatic rings. The second-order valence-electron chi connectivity index (χ2n) is 8.05. The molecule has 6 heteroatoms. The van der Waals surface area contributed by atoms with E-state index < -0.39 is 0 Å². The zero-order valence-electron chi connectivity index (χ0n) is 16.2. The van der Waals surface area contributed by atoms with Crippen LogP contribution in [0.4, 0.5) is 5.69 Å². The Labute approximate surface area is 169 Å². The lowest BCUT2D eigenvalue weighted by atomic mass is 10.1. The quantitative estimate of drug-likeness (QED) is 0.710. The molecule has 0 bridgehead atoms. The average Bonchev–Trinajstić information content (AvgIpc) is 3.47. The summed E-state index contributed by atoms with van der Waals surface area (Å²) in [4.78, 5) is 34.9. The minimum Gasteiger partial charge on any atom is -0.339 e. The molecule has 2 N–H and O–H groups in total. The monoisotopic (exact) mass is 388 g/mol. The standard InChI is InChI=1S/C23H24N4O2/c28-21-13-16(14-27(21)18-5-1-2-6-18)23(29)24-17-11-9-15(10-12-17)22-25-19-7-3-4-8-20(19)26-22/h3-4,7-12,16,18H,1-2,5-6,13-14H2,(H,24,29)(H,25,26). The number of imidazole rings is 1. The number of nitrogens with one attached hydrogen (secondary N) is 2. The van der Waals surface area contributed by atoms with Crippen LogP contribution in [-0.4, -0.2) is 39.3 Å². The first-order chi connectivity index (χ1) is 14.2. The number of anilines is 1. The van der Waals surface area contributed by atoms with Gasteiger partial charge in [0.2, 0.25) is 11.8 Å². The summed E-state index contributed by atoms with van der Waals surface area (Å²) in [5, 5.41) is 2.97. The van der Waals surface area contributed by atoms with E-state index >= 15 is 0 Å². The molecule has 1 saturated heterocycles. The van der Waals surface area contributed by atoms with Gasteiger partial charge in [-0.2, -0.15) is 0 Å². The van der Waals surface area contributed by atoms with Crippen molar-refractivity contribution in [3.63, 3.8) is 0 Å². The molecule has 1 aliphatic carbocycles. The highest BCUT2D eigenvalue weighted by atomic mass is 16.2. The van der Waals surface area contributed by atoms with Gasteiger partial charge in [-0.05, 0) is 49.2 Å². The smallest absolute Gasteiger partial charge is 0.229 e. The summed E-state index contributed by atoms with van der Waals surface area (Å²) in [6.45, 7) is 0.548. The number of rotatable bonds is 4. The van der Waals surface area contributed by atoms with Gasteiger partial charge in [0.25, 0.3) is 0 Å². The summed E-state index contributed by atoms with van der Waals surface area (Å²) in [6, 6.07) is 15.9. The van der Waals surface area contributed by atoms with Crippen LogP contribution < -0.4 is 5.32 Å². The molecule has 2 aliphatic rings. The predicted molar refractivity (Wildman–Crippen MR) is 112 cm³/mol. The summed E-state index contributed by atoms with van der Waals surface area (Å²) < 4.78 is 0. The van der Waals surface area contributed by atoms with Gasteiger partial charge in [0.05, 0.1) is 17.0 Å². The van der Waals surface area contributed by atoms with Gasteiger partial charge in [-0.25, -0.2) is 4.98 Å². The molecule has 2 heterocycles. The van der Waals surface area contributed by atoms with Crippen molar-refractivity contribution in [2.45, 2.75) is 38.1 Å². The lowest BCUT2D eigenvalue weighted by Gasteiger charge is -2.23. The van der Waals surface area contributed by atoms with E-state index in [4.69, 9.17) is 0 Å². The van der Waals surface area contributed by atoms with Crippen molar-refractivity contribution in [1.82, 2.24) is 14.9 Å². The molecule has 1 aromatic heterocycles. The molecular weight excluding hydrogens is 364 g/mol. The van der Waals surface area contributed by atoms with Crippen molar-refractivity contribution in [2.75, 3.05) is 11.9 Å². The van der Waals surface area contributed by atoms with Crippen LogP contribution >= 0.6 is 0 Å². The van der Waals surface area contributed by atoms with Crippen LogP contribution in [0.1, 0.15) is 32.1 Å². The topological polar surface area (TPSA) is 78.1 Å². The number of carbonyl (C=O) groups excluding carboxylic acids is 2. The van der Waals surface area contributed by atoms with Gasteiger partial charge in [0, 0.05) is 30.3 Å². The van der Waals surface area contributed by atoms with Crippen molar-refractivity contribution < 1.29 is 9.59 Å². The molecule has 6 nitrogen and oxygen atoms in total. The third-order valence-corrected chi connectivity index (χ3v) is 6.11.